The Hall–Kier alpha value is -1.46. The predicted molar refractivity (Wildman–Crippen MR) is 123 cm³/mol. The first-order valence-electron chi connectivity index (χ1n) is 12.3. The molecule has 0 radical (unpaired) electrons. The quantitative estimate of drug-likeness (QED) is 0.307. The standard InChI is InChI=1S/C25H41N3O2/c26-25-23(13-12-17-27-25)24(29)14-10-8-6-4-2-1-3-5-7-9-11-18-28-19-21-15-16-22(20-28)30-21/h12-13,17,21-22H,1-11,14-16,18-20H2,(H2,26,27). The number of fused-ring (bicyclic) bond motifs is 2. The van der Waals surface area contributed by atoms with Gasteiger partial charge in [-0.25, -0.2) is 4.98 Å². The van der Waals surface area contributed by atoms with Crippen molar-refractivity contribution in [2.24, 2.45) is 0 Å². The molecule has 3 heterocycles. The van der Waals surface area contributed by atoms with Crippen molar-refractivity contribution in [3.05, 3.63) is 23.9 Å². The molecule has 0 spiro atoms. The number of unbranched alkanes of at least 4 members (excludes halogenated alkanes) is 10. The molecule has 1 aromatic heterocycles. The lowest BCUT2D eigenvalue weighted by Crippen LogP contribution is -2.42. The molecule has 2 saturated heterocycles. The van der Waals surface area contributed by atoms with Gasteiger partial charge in [0.2, 0.25) is 0 Å². The number of carbonyl (C=O) groups is 1. The minimum absolute atomic E-state index is 0.126. The van der Waals surface area contributed by atoms with Crippen molar-refractivity contribution in [2.75, 3.05) is 25.4 Å². The summed E-state index contributed by atoms with van der Waals surface area (Å²) in [5.41, 5.74) is 6.34. The predicted octanol–water partition coefficient (Wildman–Crippen LogP) is 5.39. The first-order chi connectivity index (χ1) is 14.7. The molecular weight excluding hydrogens is 374 g/mol. The third kappa shape index (κ3) is 7.99. The zero-order valence-corrected chi connectivity index (χ0v) is 18.7. The van der Waals surface area contributed by atoms with E-state index in [1.807, 2.05) is 0 Å². The number of hydrogen-bond donors (Lipinski definition) is 1. The number of nitrogen functional groups attached to an aromatic ring is 1. The number of pyridine rings is 1. The Morgan fingerprint density at radius 2 is 1.50 bits per heavy atom. The Labute approximate surface area is 182 Å². The lowest BCUT2D eigenvalue weighted by molar-refractivity contribution is -0.0385. The van der Waals surface area contributed by atoms with Gasteiger partial charge in [0.25, 0.3) is 0 Å². The number of nitrogens with zero attached hydrogens (tertiary/aromatic N) is 2. The lowest BCUT2D eigenvalue weighted by Gasteiger charge is -2.32. The summed E-state index contributed by atoms with van der Waals surface area (Å²) < 4.78 is 5.91. The summed E-state index contributed by atoms with van der Waals surface area (Å²) in [6.45, 7) is 3.61. The smallest absolute Gasteiger partial charge is 0.166 e. The fraction of sp³-hybridized carbons (Fsp3) is 0.760. The first kappa shape index (κ1) is 23.2. The number of aromatic nitrogens is 1. The zero-order chi connectivity index (χ0) is 21.0. The largest absolute Gasteiger partial charge is 0.383 e. The molecular formula is C25H41N3O2. The number of morpholine rings is 1. The van der Waals surface area contributed by atoms with Crippen LogP contribution in [0.4, 0.5) is 5.82 Å². The van der Waals surface area contributed by atoms with E-state index in [0.717, 1.165) is 12.8 Å². The normalized spacial score (nSPS) is 21.2. The van der Waals surface area contributed by atoms with Gasteiger partial charge in [0, 0.05) is 25.7 Å². The number of anilines is 1. The number of hydrogen-bond acceptors (Lipinski definition) is 5. The minimum atomic E-state index is 0.126. The SMILES string of the molecule is Nc1ncccc1C(=O)CCCCCCCCCCCCCN1CC2CCC(C1)O2. The minimum Gasteiger partial charge on any atom is -0.383 e. The number of Topliss-reactive ketones (excluding diaryl/α,β-unsaturated/α-hetero) is 1. The highest BCUT2D eigenvalue weighted by atomic mass is 16.5. The van der Waals surface area contributed by atoms with Gasteiger partial charge < -0.3 is 10.5 Å². The van der Waals surface area contributed by atoms with E-state index in [1.165, 1.54) is 90.3 Å². The van der Waals surface area contributed by atoms with Gasteiger partial charge in [-0.3, -0.25) is 9.69 Å². The molecule has 0 saturated carbocycles. The van der Waals surface area contributed by atoms with Crippen LogP contribution in [0, 0.1) is 0 Å². The van der Waals surface area contributed by atoms with Gasteiger partial charge in [-0.15, -0.1) is 0 Å². The fourth-order valence-corrected chi connectivity index (χ4v) is 4.88. The number of carbonyl (C=O) groups excluding carboxylic acids is 1. The van der Waals surface area contributed by atoms with E-state index >= 15 is 0 Å². The molecule has 2 fully saturated rings. The van der Waals surface area contributed by atoms with E-state index in [1.54, 1.807) is 18.3 Å². The van der Waals surface area contributed by atoms with Crippen LogP contribution in [0.25, 0.3) is 0 Å². The molecule has 2 N–H and O–H groups in total. The van der Waals surface area contributed by atoms with Crippen molar-refractivity contribution >= 4 is 11.6 Å². The third-order valence-corrected chi connectivity index (χ3v) is 6.64. The summed E-state index contributed by atoms with van der Waals surface area (Å²) >= 11 is 0. The summed E-state index contributed by atoms with van der Waals surface area (Å²) in [4.78, 5) is 18.8. The van der Waals surface area contributed by atoms with Crippen LogP contribution in [0.5, 0.6) is 0 Å². The molecule has 2 aliphatic heterocycles. The number of ketones is 1. The maximum atomic E-state index is 12.1. The van der Waals surface area contributed by atoms with Gasteiger partial charge >= 0.3 is 0 Å². The van der Waals surface area contributed by atoms with Gasteiger partial charge in [-0.05, 0) is 44.4 Å². The molecule has 0 aromatic carbocycles. The van der Waals surface area contributed by atoms with Crippen molar-refractivity contribution in [3.8, 4) is 0 Å². The fourth-order valence-electron chi connectivity index (χ4n) is 4.88. The highest BCUT2D eigenvalue weighted by molar-refractivity contribution is 5.99. The van der Waals surface area contributed by atoms with Crippen LogP contribution in [-0.4, -0.2) is 47.5 Å². The second-order valence-electron chi connectivity index (χ2n) is 9.22. The molecule has 2 bridgehead atoms. The van der Waals surface area contributed by atoms with Crippen molar-refractivity contribution < 1.29 is 9.53 Å². The zero-order valence-electron chi connectivity index (χ0n) is 18.7. The van der Waals surface area contributed by atoms with Crippen LogP contribution in [0.15, 0.2) is 18.3 Å². The van der Waals surface area contributed by atoms with Crippen LogP contribution in [0.2, 0.25) is 0 Å². The van der Waals surface area contributed by atoms with Crippen molar-refractivity contribution in [1.82, 2.24) is 9.88 Å². The number of rotatable bonds is 15. The second-order valence-corrected chi connectivity index (χ2v) is 9.22. The van der Waals surface area contributed by atoms with Gasteiger partial charge in [-0.1, -0.05) is 57.8 Å². The topological polar surface area (TPSA) is 68.5 Å². The van der Waals surface area contributed by atoms with Gasteiger partial charge in [0.1, 0.15) is 5.82 Å². The highest BCUT2D eigenvalue weighted by Gasteiger charge is 2.33. The number of ether oxygens (including phenoxy) is 1. The third-order valence-electron chi connectivity index (χ3n) is 6.64. The van der Waals surface area contributed by atoms with E-state index in [-0.39, 0.29) is 5.78 Å². The molecule has 2 aliphatic rings. The van der Waals surface area contributed by atoms with Crippen LogP contribution in [0.3, 0.4) is 0 Å². The second kappa shape index (κ2) is 13.1. The van der Waals surface area contributed by atoms with Crippen LogP contribution >= 0.6 is 0 Å². The Morgan fingerprint density at radius 3 is 2.10 bits per heavy atom. The summed E-state index contributed by atoms with van der Waals surface area (Å²) in [6.07, 6.45) is 20.0. The highest BCUT2D eigenvalue weighted by Crippen LogP contribution is 2.26. The average molecular weight is 416 g/mol. The van der Waals surface area contributed by atoms with Crippen LogP contribution in [-0.2, 0) is 4.74 Å². The summed E-state index contributed by atoms with van der Waals surface area (Å²) in [5.74, 6) is 0.483. The summed E-state index contributed by atoms with van der Waals surface area (Å²) in [6, 6.07) is 3.55. The Balaban J connectivity index is 1.07. The molecule has 1 aromatic rings. The van der Waals surface area contributed by atoms with Crippen molar-refractivity contribution in [3.63, 3.8) is 0 Å². The summed E-state index contributed by atoms with van der Waals surface area (Å²) in [7, 11) is 0. The lowest BCUT2D eigenvalue weighted by atomic mass is 10.0. The molecule has 0 amide bonds. The molecule has 168 valence electrons. The Kier molecular flexibility index (Phi) is 10.1. The molecule has 5 nitrogen and oxygen atoms in total. The number of likely N-dealkylation sites (tertiary alicyclic amines) is 1. The van der Waals surface area contributed by atoms with Crippen molar-refractivity contribution in [2.45, 2.75) is 102 Å². The van der Waals surface area contributed by atoms with E-state index in [0.29, 0.717) is 30.0 Å². The van der Waals surface area contributed by atoms with E-state index in [4.69, 9.17) is 10.5 Å². The molecule has 30 heavy (non-hydrogen) atoms. The molecule has 2 unspecified atom stereocenters. The Bertz CT molecular complexity index is 625. The molecule has 5 heteroatoms. The molecule has 0 aliphatic carbocycles. The molecule has 3 rings (SSSR count). The first-order valence-corrected chi connectivity index (χ1v) is 12.3. The monoisotopic (exact) mass is 415 g/mol. The van der Waals surface area contributed by atoms with Crippen LogP contribution < -0.4 is 5.73 Å². The van der Waals surface area contributed by atoms with Gasteiger partial charge in [0.15, 0.2) is 5.78 Å². The van der Waals surface area contributed by atoms with E-state index in [9.17, 15) is 4.79 Å². The van der Waals surface area contributed by atoms with E-state index in [2.05, 4.69) is 9.88 Å². The average Bonchev–Trinajstić information content (AvgIpc) is 3.09. The van der Waals surface area contributed by atoms with Crippen molar-refractivity contribution in [1.29, 1.82) is 0 Å². The maximum absolute atomic E-state index is 12.1. The van der Waals surface area contributed by atoms with Gasteiger partial charge in [0.05, 0.1) is 17.8 Å². The Morgan fingerprint density at radius 1 is 0.933 bits per heavy atom. The van der Waals surface area contributed by atoms with E-state index < -0.39 is 0 Å². The molecule has 2 atom stereocenters. The van der Waals surface area contributed by atoms with Gasteiger partial charge in [-0.2, -0.15) is 0 Å². The number of nitrogens with two attached hydrogens (primary N) is 1. The summed E-state index contributed by atoms with van der Waals surface area (Å²) in [5, 5.41) is 0. The maximum Gasteiger partial charge on any atom is 0.166 e. The van der Waals surface area contributed by atoms with Crippen LogP contribution in [0.1, 0.15) is 100 Å².